The quantitative estimate of drug-likeness (QED) is 0.932. The van der Waals surface area contributed by atoms with E-state index in [4.69, 9.17) is 0 Å². The summed E-state index contributed by atoms with van der Waals surface area (Å²) in [5, 5.41) is 10.3. The van der Waals surface area contributed by atoms with Crippen LogP contribution in [0.2, 0.25) is 0 Å². The zero-order valence-electron chi connectivity index (χ0n) is 12.9. The van der Waals surface area contributed by atoms with Crippen molar-refractivity contribution in [3.63, 3.8) is 0 Å². The van der Waals surface area contributed by atoms with Gasteiger partial charge in [0.25, 0.3) is 5.91 Å². The van der Waals surface area contributed by atoms with Crippen molar-refractivity contribution in [3.8, 4) is 0 Å². The van der Waals surface area contributed by atoms with Crippen LogP contribution in [0.15, 0.2) is 36.8 Å². The molecule has 1 aliphatic rings. The molecular weight excluding hydrogens is 278 g/mol. The SMILES string of the molecule is Cc1c(C(=O)N2C[C@@H](Cc3ccncc3)[C@@H](O)C2)ccn1C. The third-order valence-electron chi connectivity index (χ3n) is 4.56. The van der Waals surface area contributed by atoms with E-state index in [9.17, 15) is 9.90 Å². The summed E-state index contributed by atoms with van der Waals surface area (Å²) in [5.74, 6) is 0.0877. The molecule has 0 bridgehead atoms. The Balaban J connectivity index is 1.70. The molecule has 1 fully saturated rings. The predicted octanol–water partition coefficient (Wildman–Crippen LogP) is 1.40. The molecule has 2 aromatic rings. The highest BCUT2D eigenvalue weighted by Crippen LogP contribution is 2.24. The zero-order valence-corrected chi connectivity index (χ0v) is 12.9. The molecule has 2 aromatic heterocycles. The Kier molecular flexibility index (Phi) is 3.98. The number of likely N-dealkylation sites (tertiary alicyclic amines) is 1. The van der Waals surface area contributed by atoms with Gasteiger partial charge in [-0.25, -0.2) is 0 Å². The molecule has 0 spiro atoms. The highest BCUT2D eigenvalue weighted by molar-refractivity contribution is 5.95. The molecule has 5 nitrogen and oxygen atoms in total. The van der Waals surface area contributed by atoms with Gasteiger partial charge in [0.1, 0.15) is 0 Å². The molecule has 0 aromatic carbocycles. The number of hydrogen-bond donors (Lipinski definition) is 1. The van der Waals surface area contributed by atoms with Crippen molar-refractivity contribution in [2.24, 2.45) is 13.0 Å². The molecule has 2 atom stereocenters. The zero-order chi connectivity index (χ0) is 15.7. The van der Waals surface area contributed by atoms with Gasteiger partial charge in [0.15, 0.2) is 0 Å². The summed E-state index contributed by atoms with van der Waals surface area (Å²) < 4.78 is 1.94. The minimum absolute atomic E-state index is 0.00868. The lowest BCUT2D eigenvalue weighted by Gasteiger charge is -2.16. The van der Waals surface area contributed by atoms with Gasteiger partial charge in [-0.05, 0) is 37.1 Å². The number of rotatable bonds is 3. The van der Waals surface area contributed by atoms with E-state index < -0.39 is 6.10 Å². The highest BCUT2D eigenvalue weighted by Gasteiger charge is 2.34. The lowest BCUT2D eigenvalue weighted by molar-refractivity contribution is 0.0764. The molecule has 22 heavy (non-hydrogen) atoms. The van der Waals surface area contributed by atoms with Gasteiger partial charge in [0, 0.05) is 50.3 Å². The number of aliphatic hydroxyl groups excluding tert-OH is 1. The van der Waals surface area contributed by atoms with Crippen LogP contribution < -0.4 is 0 Å². The Labute approximate surface area is 130 Å². The number of pyridine rings is 1. The molecule has 0 radical (unpaired) electrons. The first-order valence-corrected chi connectivity index (χ1v) is 7.54. The van der Waals surface area contributed by atoms with Crippen molar-refractivity contribution in [3.05, 3.63) is 53.6 Å². The lowest BCUT2D eigenvalue weighted by atomic mass is 9.97. The fraction of sp³-hybridized carbons (Fsp3) is 0.412. The van der Waals surface area contributed by atoms with Crippen molar-refractivity contribution < 1.29 is 9.90 Å². The summed E-state index contributed by atoms with van der Waals surface area (Å²) in [6, 6.07) is 5.76. The second-order valence-corrected chi connectivity index (χ2v) is 6.02. The predicted molar refractivity (Wildman–Crippen MR) is 83.5 cm³/mol. The number of carbonyl (C=O) groups is 1. The van der Waals surface area contributed by atoms with Crippen molar-refractivity contribution in [1.82, 2.24) is 14.5 Å². The van der Waals surface area contributed by atoms with E-state index in [1.807, 2.05) is 42.9 Å². The van der Waals surface area contributed by atoms with Gasteiger partial charge in [-0.3, -0.25) is 9.78 Å². The first kappa shape index (κ1) is 14.8. The Morgan fingerprint density at radius 2 is 2.05 bits per heavy atom. The van der Waals surface area contributed by atoms with E-state index >= 15 is 0 Å². The molecule has 1 aliphatic heterocycles. The van der Waals surface area contributed by atoms with Crippen LogP contribution >= 0.6 is 0 Å². The molecule has 3 rings (SSSR count). The first-order chi connectivity index (χ1) is 10.6. The smallest absolute Gasteiger partial charge is 0.255 e. The summed E-state index contributed by atoms with van der Waals surface area (Å²) in [6.45, 7) is 2.94. The fourth-order valence-corrected chi connectivity index (χ4v) is 3.05. The van der Waals surface area contributed by atoms with Crippen LogP contribution in [0.3, 0.4) is 0 Å². The summed E-state index contributed by atoms with van der Waals surface area (Å²) >= 11 is 0. The minimum atomic E-state index is -0.471. The van der Waals surface area contributed by atoms with Gasteiger partial charge in [-0.15, -0.1) is 0 Å². The summed E-state index contributed by atoms with van der Waals surface area (Å²) in [4.78, 5) is 18.4. The molecule has 1 amide bonds. The normalized spacial score (nSPS) is 21.3. The van der Waals surface area contributed by atoms with Crippen molar-refractivity contribution in [1.29, 1.82) is 0 Å². The third-order valence-corrected chi connectivity index (χ3v) is 4.56. The summed E-state index contributed by atoms with van der Waals surface area (Å²) in [7, 11) is 1.93. The second-order valence-electron chi connectivity index (χ2n) is 6.02. The molecule has 1 N–H and O–H groups in total. The van der Waals surface area contributed by atoms with Gasteiger partial charge < -0.3 is 14.6 Å². The molecule has 3 heterocycles. The average molecular weight is 299 g/mol. The number of aliphatic hydroxyl groups is 1. The maximum Gasteiger partial charge on any atom is 0.255 e. The number of nitrogens with zero attached hydrogens (tertiary/aromatic N) is 3. The van der Waals surface area contributed by atoms with Crippen molar-refractivity contribution in [2.45, 2.75) is 19.4 Å². The van der Waals surface area contributed by atoms with E-state index in [-0.39, 0.29) is 11.8 Å². The van der Waals surface area contributed by atoms with Crippen molar-refractivity contribution in [2.75, 3.05) is 13.1 Å². The number of hydrogen-bond acceptors (Lipinski definition) is 3. The largest absolute Gasteiger partial charge is 0.391 e. The van der Waals surface area contributed by atoms with Crippen LogP contribution in [0.5, 0.6) is 0 Å². The van der Waals surface area contributed by atoms with E-state index in [2.05, 4.69) is 4.98 Å². The maximum atomic E-state index is 12.6. The van der Waals surface area contributed by atoms with Crippen molar-refractivity contribution >= 4 is 5.91 Å². The summed E-state index contributed by atoms with van der Waals surface area (Å²) in [5.41, 5.74) is 2.82. The number of aromatic nitrogens is 2. The third kappa shape index (κ3) is 2.76. The van der Waals surface area contributed by atoms with Gasteiger partial charge in [-0.1, -0.05) is 0 Å². The number of carbonyl (C=O) groups excluding carboxylic acids is 1. The molecule has 116 valence electrons. The minimum Gasteiger partial charge on any atom is -0.391 e. The Bertz CT molecular complexity index is 666. The van der Waals surface area contributed by atoms with Crippen LogP contribution in [-0.2, 0) is 13.5 Å². The Morgan fingerprint density at radius 3 is 2.68 bits per heavy atom. The van der Waals surface area contributed by atoms with Gasteiger partial charge in [0.2, 0.25) is 0 Å². The van der Waals surface area contributed by atoms with E-state index in [0.29, 0.717) is 13.1 Å². The number of amides is 1. The maximum absolute atomic E-state index is 12.6. The molecule has 0 aliphatic carbocycles. The van der Waals surface area contributed by atoms with Gasteiger partial charge in [0.05, 0.1) is 11.7 Å². The van der Waals surface area contributed by atoms with Crippen LogP contribution in [0.1, 0.15) is 21.6 Å². The average Bonchev–Trinajstić information content (AvgIpc) is 3.04. The lowest BCUT2D eigenvalue weighted by Crippen LogP contribution is -2.30. The highest BCUT2D eigenvalue weighted by atomic mass is 16.3. The standard InChI is InChI=1S/C17H21N3O2/c1-12-15(5-8-19(12)2)17(22)20-10-14(16(21)11-20)9-13-3-6-18-7-4-13/h3-8,14,16,21H,9-11H2,1-2H3/t14-,16+/m1/s1. The molecule has 0 unspecified atom stereocenters. The number of aryl methyl sites for hydroxylation is 1. The molecular formula is C17H21N3O2. The first-order valence-electron chi connectivity index (χ1n) is 7.54. The number of β-amino-alcohol motifs (C(OH)–C–C–N with tert-alkyl or cyclic N) is 1. The second kappa shape index (κ2) is 5.93. The molecule has 5 heteroatoms. The van der Waals surface area contributed by atoms with Crippen LogP contribution in [0.4, 0.5) is 0 Å². The molecule has 1 saturated heterocycles. The van der Waals surface area contributed by atoms with Gasteiger partial charge >= 0.3 is 0 Å². The van der Waals surface area contributed by atoms with E-state index in [0.717, 1.165) is 23.2 Å². The summed E-state index contributed by atoms with van der Waals surface area (Å²) in [6.07, 6.45) is 5.70. The van der Waals surface area contributed by atoms with Crippen LogP contribution in [-0.4, -0.2) is 44.7 Å². The van der Waals surface area contributed by atoms with E-state index in [1.165, 1.54) is 0 Å². The van der Waals surface area contributed by atoms with Crippen LogP contribution in [0.25, 0.3) is 0 Å². The Hall–Kier alpha value is -2.14. The molecule has 0 saturated carbocycles. The van der Waals surface area contributed by atoms with Gasteiger partial charge in [-0.2, -0.15) is 0 Å². The van der Waals surface area contributed by atoms with Crippen LogP contribution in [0, 0.1) is 12.8 Å². The van der Waals surface area contributed by atoms with E-state index in [1.54, 1.807) is 17.3 Å². The monoisotopic (exact) mass is 299 g/mol. The topological polar surface area (TPSA) is 58.4 Å². The Morgan fingerprint density at radius 1 is 1.32 bits per heavy atom. The fourth-order valence-electron chi connectivity index (χ4n) is 3.05.